The highest BCUT2D eigenvalue weighted by Gasteiger charge is 2.06. The van der Waals surface area contributed by atoms with Gasteiger partial charge in [-0.3, -0.25) is 0 Å². The third-order valence-electron chi connectivity index (χ3n) is 2.72. The lowest BCUT2D eigenvalue weighted by molar-refractivity contribution is -0.0498. The van der Waals surface area contributed by atoms with Gasteiger partial charge in [0, 0.05) is 6.54 Å². The average Bonchev–Trinajstić information content (AvgIpc) is 2.48. The van der Waals surface area contributed by atoms with Gasteiger partial charge in [-0.25, -0.2) is 9.18 Å². The van der Waals surface area contributed by atoms with Crippen LogP contribution >= 0.6 is 0 Å². The highest BCUT2D eigenvalue weighted by molar-refractivity contribution is 5.89. The fourth-order valence-electron chi connectivity index (χ4n) is 1.70. The van der Waals surface area contributed by atoms with Gasteiger partial charge in [-0.15, -0.1) is 0 Å². The molecule has 0 aliphatic heterocycles. The summed E-state index contributed by atoms with van der Waals surface area (Å²) >= 11 is 0. The van der Waals surface area contributed by atoms with Crippen molar-refractivity contribution < 1.29 is 22.7 Å². The van der Waals surface area contributed by atoms with E-state index in [0.29, 0.717) is 5.56 Å². The summed E-state index contributed by atoms with van der Waals surface area (Å²) in [6, 6.07) is 11.0. The van der Waals surface area contributed by atoms with Crippen LogP contribution in [-0.4, -0.2) is 12.6 Å². The van der Waals surface area contributed by atoms with Crippen LogP contribution in [0.4, 0.5) is 23.7 Å². The highest BCUT2D eigenvalue weighted by Crippen LogP contribution is 2.15. The van der Waals surface area contributed by atoms with Gasteiger partial charge in [-0.2, -0.15) is 8.78 Å². The number of benzene rings is 2. The van der Waals surface area contributed by atoms with Crippen LogP contribution in [0.25, 0.3) is 0 Å². The van der Waals surface area contributed by atoms with Crippen LogP contribution in [0.15, 0.2) is 48.5 Å². The molecular formula is C15H13F3N2O2. The monoisotopic (exact) mass is 310 g/mol. The maximum absolute atomic E-state index is 13.3. The molecule has 4 nitrogen and oxygen atoms in total. The maximum Gasteiger partial charge on any atom is 0.387 e. The summed E-state index contributed by atoms with van der Waals surface area (Å²) in [5.41, 5.74) is 0.756. The number of halogens is 3. The number of hydrogen-bond acceptors (Lipinski definition) is 2. The standard InChI is InChI=1S/C15H13F3N2O2/c16-12-3-1-2-4-13(12)20-15(21)19-9-10-5-7-11(8-6-10)22-14(17)18/h1-8,14H,9H2,(H2,19,20,21). The van der Waals surface area contributed by atoms with E-state index in [1.165, 1.54) is 30.3 Å². The summed E-state index contributed by atoms with van der Waals surface area (Å²) in [6.45, 7) is -2.72. The van der Waals surface area contributed by atoms with Crippen LogP contribution in [0.2, 0.25) is 0 Å². The zero-order valence-corrected chi connectivity index (χ0v) is 11.4. The Balaban J connectivity index is 1.85. The number of anilines is 1. The molecule has 0 radical (unpaired) electrons. The summed E-state index contributed by atoms with van der Waals surface area (Å²) < 4.78 is 41.5. The van der Waals surface area contributed by atoms with Crippen LogP contribution in [0, 0.1) is 5.82 Å². The van der Waals surface area contributed by atoms with Crippen molar-refractivity contribution in [2.24, 2.45) is 0 Å². The smallest absolute Gasteiger partial charge is 0.387 e. The Kier molecular flexibility index (Phi) is 5.24. The van der Waals surface area contributed by atoms with Crippen molar-refractivity contribution in [2.75, 3.05) is 5.32 Å². The molecule has 2 rings (SSSR count). The first kappa shape index (κ1) is 15.7. The van der Waals surface area contributed by atoms with E-state index in [-0.39, 0.29) is 18.0 Å². The number of carbonyl (C=O) groups excluding carboxylic acids is 1. The van der Waals surface area contributed by atoms with Crippen molar-refractivity contribution in [2.45, 2.75) is 13.2 Å². The van der Waals surface area contributed by atoms with Gasteiger partial charge >= 0.3 is 12.6 Å². The summed E-state index contributed by atoms with van der Waals surface area (Å²) in [6.07, 6.45) is 0. The topological polar surface area (TPSA) is 50.4 Å². The van der Waals surface area contributed by atoms with E-state index in [1.807, 2.05) is 0 Å². The van der Waals surface area contributed by atoms with Crippen LogP contribution < -0.4 is 15.4 Å². The molecule has 0 spiro atoms. The lowest BCUT2D eigenvalue weighted by atomic mass is 10.2. The Labute approximate surface area is 124 Å². The van der Waals surface area contributed by atoms with E-state index in [4.69, 9.17) is 0 Å². The van der Waals surface area contributed by atoms with Gasteiger partial charge < -0.3 is 15.4 Å². The zero-order valence-electron chi connectivity index (χ0n) is 11.4. The van der Waals surface area contributed by atoms with Gasteiger partial charge in [-0.05, 0) is 29.8 Å². The number of nitrogens with one attached hydrogen (secondary N) is 2. The Morgan fingerprint density at radius 3 is 2.41 bits per heavy atom. The lowest BCUT2D eigenvalue weighted by Crippen LogP contribution is -2.28. The minimum absolute atomic E-state index is 0.0366. The van der Waals surface area contributed by atoms with E-state index in [2.05, 4.69) is 15.4 Å². The van der Waals surface area contributed by atoms with Gasteiger partial charge in [0.1, 0.15) is 11.6 Å². The molecule has 0 aliphatic carbocycles. The fourth-order valence-corrected chi connectivity index (χ4v) is 1.70. The molecule has 2 N–H and O–H groups in total. The third-order valence-corrected chi connectivity index (χ3v) is 2.72. The average molecular weight is 310 g/mol. The second-order valence-electron chi connectivity index (χ2n) is 4.31. The van der Waals surface area contributed by atoms with Gasteiger partial charge in [0.05, 0.1) is 5.69 Å². The van der Waals surface area contributed by atoms with Crippen molar-refractivity contribution in [1.29, 1.82) is 0 Å². The molecule has 2 aromatic rings. The van der Waals surface area contributed by atoms with Gasteiger partial charge in [0.25, 0.3) is 0 Å². The van der Waals surface area contributed by atoms with E-state index >= 15 is 0 Å². The first-order chi connectivity index (χ1) is 10.5. The van der Waals surface area contributed by atoms with Crippen molar-refractivity contribution in [3.63, 3.8) is 0 Å². The molecule has 7 heteroatoms. The normalized spacial score (nSPS) is 10.4. The molecule has 0 fully saturated rings. The number of amides is 2. The van der Waals surface area contributed by atoms with Crippen molar-refractivity contribution in [3.8, 4) is 5.75 Å². The number of para-hydroxylation sites is 1. The number of urea groups is 1. The summed E-state index contributed by atoms with van der Waals surface area (Å²) in [4.78, 5) is 11.6. The van der Waals surface area contributed by atoms with Crippen molar-refractivity contribution in [1.82, 2.24) is 5.32 Å². The van der Waals surface area contributed by atoms with Crippen molar-refractivity contribution >= 4 is 11.7 Å². The van der Waals surface area contributed by atoms with Crippen LogP contribution in [0.1, 0.15) is 5.56 Å². The van der Waals surface area contributed by atoms with Crippen molar-refractivity contribution in [3.05, 3.63) is 59.9 Å². The molecule has 2 aromatic carbocycles. The minimum Gasteiger partial charge on any atom is -0.435 e. The van der Waals surface area contributed by atoms with E-state index in [9.17, 15) is 18.0 Å². The second-order valence-corrected chi connectivity index (χ2v) is 4.31. The molecular weight excluding hydrogens is 297 g/mol. The van der Waals surface area contributed by atoms with Crippen LogP contribution in [0.5, 0.6) is 5.75 Å². The molecule has 0 saturated carbocycles. The first-order valence-electron chi connectivity index (χ1n) is 6.38. The van der Waals surface area contributed by atoms with E-state index in [0.717, 1.165) is 0 Å². The maximum atomic E-state index is 13.3. The summed E-state index contributed by atoms with van der Waals surface area (Å²) in [5.74, 6) is -0.499. The Hall–Kier alpha value is -2.70. The Morgan fingerprint density at radius 1 is 1.09 bits per heavy atom. The van der Waals surface area contributed by atoms with Gasteiger partial charge in [-0.1, -0.05) is 24.3 Å². The molecule has 2 amide bonds. The largest absolute Gasteiger partial charge is 0.435 e. The SMILES string of the molecule is O=C(NCc1ccc(OC(F)F)cc1)Nc1ccccc1F. The number of carbonyl (C=O) groups is 1. The predicted octanol–water partition coefficient (Wildman–Crippen LogP) is 3.75. The number of rotatable bonds is 5. The molecule has 0 unspecified atom stereocenters. The minimum atomic E-state index is -2.88. The molecule has 0 heterocycles. The van der Waals surface area contributed by atoms with Gasteiger partial charge in [0.15, 0.2) is 0 Å². The van der Waals surface area contributed by atoms with Crippen LogP contribution in [-0.2, 0) is 6.54 Å². The lowest BCUT2D eigenvalue weighted by Gasteiger charge is -2.09. The molecule has 0 atom stereocenters. The van der Waals surface area contributed by atoms with Crippen LogP contribution in [0.3, 0.4) is 0 Å². The molecule has 0 saturated heterocycles. The molecule has 22 heavy (non-hydrogen) atoms. The molecule has 0 bridgehead atoms. The molecule has 116 valence electrons. The predicted molar refractivity (Wildman–Crippen MR) is 75.3 cm³/mol. The number of ether oxygens (including phenoxy) is 1. The third kappa shape index (κ3) is 4.69. The molecule has 0 aromatic heterocycles. The number of alkyl halides is 2. The Morgan fingerprint density at radius 2 is 1.77 bits per heavy atom. The van der Waals surface area contributed by atoms with E-state index < -0.39 is 18.5 Å². The molecule has 0 aliphatic rings. The summed E-state index contributed by atoms with van der Waals surface area (Å²) in [5, 5.41) is 4.90. The zero-order chi connectivity index (χ0) is 15.9. The first-order valence-corrected chi connectivity index (χ1v) is 6.38. The Bertz CT molecular complexity index is 633. The van der Waals surface area contributed by atoms with Gasteiger partial charge in [0.2, 0.25) is 0 Å². The number of hydrogen-bond donors (Lipinski definition) is 2. The quantitative estimate of drug-likeness (QED) is 0.883. The summed E-state index contributed by atoms with van der Waals surface area (Å²) in [7, 11) is 0. The fraction of sp³-hybridized carbons (Fsp3) is 0.133. The van der Waals surface area contributed by atoms with E-state index in [1.54, 1.807) is 18.2 Å². The highest BCUT2D eigenvalue weighted by atomic mass is 19.3. The second kappa shape index (κ2) is 7.35.